The smallest absolute Gasteiger partial charge is 0.272 e. The number of nitrogens with zero attached hydrogens (tertiary/aromatic N) is 3. The Balaban J connectivity index is 1.32. The second kappa shape index (κ2) is 7.14. The molecule has 0 fully saturated rings. The minimum Gasteiger partial charge on any atom is -0.350 e. The molecule has 3 heterocycles. The van der Waals surface area contributed by atoms with Gasteiger partial charge in [-0.2, -0.15) is 5.10 Å². The van der Waals surface area contributed by atoms with Crippen molar-refractivity contribution in [3.05, 3.63) is 61.9 Å². The monoisotopic (exact) mass is 409 g/mol. The summed E-state index contributed by atoms with van der Waals surface area (Å²) >= 11 is 1.54. The summed E-state index contributed by atoms with van der Waals surface area (Å²) in [6.07, 6.45) is 2.82. The van der Waals surface area contributed by atoms with Crippen molar-refractivity contribution in [2.45, 2.75) is 43.4 Å². The third-order valence-corrected chi connectivity index (χ3v) is 6.62. The number of hydrogen-bond donors (Lipinski definition) is 2. The fourth-order valence-corrected chi connectivity index (χ4v) is 5.23. The minimum absolute atomic E-state index is 0.0126. The molecule has 0 radical (unpaired) electrons. The number of hydrogen-bond acceptors (Lipinski definition) is 6. The fraction of sp³-hybridized carbons (Fsp3) is 0.350. The number of thioether (sulfide) groups is 1. The Kier molecular flexibility index (Phi) is 4.46. The number of fused-ring (bicyclic) bond motifs is 3. The zero-order chi connectivity index (χ0) is 20.0. The van der Waals surface area contributed by atoms with E-state index in [4.69, 9.17) is 0 Å². The number of H-pyrrole nitrogens is 1. The second-order valence-electron chi connectivity index (χ2n) is 7.34. The number of amides is 1. The number of carbonyl (C=O) groups excluding carboxylic acids is 1. The third kappa shape index (κ3) is 3.15. The first-order valence-corrected chi connectivity index (χ1v) is 10.6. The topological polar surface area (TPSA) is 110 Å². The summed E-state index contributed by atoms with van der Waals surface area (Å²) in [5.41, 5.74) is 2.10. The number of nitrogens with one attached hydrogen (secondary N) is 2. The number of aromatic nitrogens is 4. The van der Waals surface area contributed by atoms with E-state index < -0.39 is 0 Å². The summed E-state index contributed by atoms with van der Waals surface area (Å²) < 4.78 is 1.70. The van der Waals surface area contributed by atoms with Crippen molar-refractivity contribution >= 4 is 28.4 Å². The molecule has 0 saturated heterocycles. The highest BCUT2D eigenvalue weighted by molar-refractivity contribution is 7.99. The highest BCUT2D eigenvalue weighted by Gasteiger charge is 2.31. The molecular formula is C20H19N5O3S. The lowest BCUT2D eigenvalue weighted by Crippen LogP contribution is -2.32. The standard InChI is InChI=1S/C20H19N5O3S/c26-17(21-9-16-12-4-1-2-5-13(12)18(27)24-23-16)8-11-10-29-20-22-15-7-3-6-14(15)19(28)25(11)20/h1-2,4-5,11H,3,6-10H2,(H,21,26)(H,24,27)/t11-/m0/s1. The fourth-order valence-electron chi connectivity index (χ4n) is 4.08. The van der Waals surface area contributed by atoms with Gasteiger partial charge in [-0.15, -0.1) is 0 Å². The number of rotatable bonds is 4. The zero-order valence-corrected chi connectivity index (χ0v) is 16.4. The van der Waals surface area contributed by atoms with E-state index in [-0.39, 0.29) is 36.0 Å². The van der Waals surface area contributed by atoms with Gasteiger partial charge in [-0.3, -0.25) is 19.0 Å². The largest absolute Gasteiger partial charge is 0.350 e. The number of carbonyl (C=O) groups is 1. The van der Waals surface area contributed by atoms with Crippen LogP contribution in [0.4, 0.5) is 0 Å². The molecule has 1 amide bonds. The van der Waals surface area contributed by atoms with Crippen LogP contribution in [-0.4, -0.2) is 31.4 Å². The van der Waals surface area contributed by atoms with Gasteiger partial charge in [-0.05, 0) is 25.3 Å². The van der Waals surface area contributed by atoms with Crippen LogP contribution in [0.25, 0.3) is 10.8 Å². The van der Waals surface area contributed by atoms with E-state index in [1.54, 1.807) is 16.7 Å². The Labute approximate surface area is 169 Å². The van der Waals surface area contributed by atoms with Crippen LogP contribution < -0.4 is 16.4 Å². The van der Waals surface area contributed by atoms with Crippen LogP contribution in [0.2, 0.25) is 0 Å². The molecule has 2 aromatic heterocycles. The first kappa shape index (κ1) is 18.1. The molecule has 0 unspecified atom stereocenters. The Bertz CT molecular complexity index is 1250. The molecule has 1 aliphatic carbocycles. The lowest BCUT2D eigenvalue weighted by Gasteiger charge is -2.14. The van der Waals surface area contributed by atoms with Gasteiger partial charge in [0.2, 0.25) is 5.91 Å². The van der Waals surface area contributed by atoms with Gasteiger partial charge in [-0.25, -0.2) is 10.1 Å². The Morgan fingerprint density at radius 2 is 2.07 bits per heavy atom. The summed E-state index contributed by atoms with van der Waals surface area (Å²) in [4.78, 5) is 41.9. The van der Waals surface area contributed by atoms with Crippen LogP contribution in [0, 0.1) is 0 Å². The van der Waals surface area contributed by atoms with Gasteiger partial charge in [0.25, 0.3) is 11.1 Å². The van der Waals surface area contributed by atoms with Crippen LogP contribution >= 0.6 is 11.8 Å². The number of benzene rings is 1. The van der Waals surface area contributed by atoms with Crippen LogP contribution in [0.15, 0.2) is 39.0 Å². The van der Waals surface area contributed by atoms with E-state index >= 15 is 0 Å². The highest BCUT2D eigenvalue weighted by Crippen LogP contribution is 2.33. The average Bonchev–Trinajstić information content (AvgIpc) is 3.35. The third-order valence-electron chi connectivity index (χ3n) is 5.52. The zero-order valence-electron chi connectivity index (χ0n) is 15.6. The SMILES string of the molecule is O=C(C[C@H]1CSc2nc3c(c(=O)n21)CCC3)NCc1n[nH]c(=O)c2ccccc12. The van der Waals surface area contributed by atoms with Crippen molar-refractivity contribution in [2.75, 3.05) is 5.75 Å². The molecule has 1 aliphatic heterocycles. The van der Waals surface area contributed by atoms with E-state index in [2.05, 4.69) is 20.5 Å². The molecule has 29 heavy (non-hydrogen) atoms. The van der Waals surface area contributed by atoms with Crippen molar-refractivity contribution in [3.63, 3.8) is 0 Å². The Morgan fingerprint density at radius 3 is 2.93 bits per heavy atom. The summed E-state index contributed by atoms with van der Waals surface area (Å²) in [5.74, 6) is 0.506. The Morgan fingerprint density at radius 1 is 1.24 bits per heavy atom. The molecule has 1 atom stereocenters. The van der Waals surface area contributed by atoms with E-state index in [0.29, 0.717) is 22.2 Å². The van der Waals surface area contributed by atoms with Crippen LogP contribution in [0.5, 0.6) is 0 Å². The summed E-state index contributed by atoms with van der Waals surface area (Å²) in [6.45, 7) is 0.209. The lowest BCUT2D eigenvalue weighted by molar-refractivity contribution is -0.121. The molecule has 8 nitrogen and oxygen atoms in total. The maximum atomic E-state index is 12.8. The molecule has 0 bridgehead atoms. The van der Waals surface area contributed by atoms with Gasteiger partial charge in [0, 0.05) is 23.1 Å². The summed E-state index contributed by atoms with van der Waals surface area (Å²) in [5, 5.41) is 11.4. The molecule has 1 aromatic carbocycles. The molecule has 0 saturated carbocycles. The molecule has 148 valence electrons. The van der Waals surface area contributed by atoms with Crippen LogP contribution in [-0.2, 0) is 24.2 Å². The molecule has 2 aliphatic rings. The van der Waals surface area contributed by atoms with E-state index in [0.717, 1.165) is 35.7 Å². The summed E-state index contributed by atoms with van der Waals surface area (Å²) in [7, 11) is 0. The van der Waals surface area contributed by atoms with Crippen molar-refractivity contribution < 1.29 is 4.79 Å². The van der Waals surface area contributed by atoms with Gasteiger partial charge in [0.1, 0.15) is 0 Å². The van der Waals surface area contributed by atoms with Gasteiger partial charge in [0.15, 0.2) is 5.16 Å². The van der Waals surface area contributed by atoms with Gasteiger partial charge >= 0.3 is 0 Å². The molecule has 3 aromatic rings. The number of aromatic amines is 1. The van der Waals surface area contributed by atoms with E-state index in [1.807, 2.05) is 12.1 Å². The van der Waals surface area contributed by atoms with Crippen molar-refractivity contribution in [3.8, 4) is 0 Å². The quantitative estimate of drug-likeness (QED) is 0.629. The molecule has 0 spiro atoms. The first-order chi connectivity index (χ1) is 14.1. The van der Waals surface area contributed by atoms with Gasteiger partial charge in [-0.1, -0.05) is 30.0 Å². The van der Waals surface area contributed by atoms with Crippen LogP contribution in [0.1, 0.15) is 35.8 Å². The molecule has 2 N–H and O–H groups in total. The van der Waals surface area contributed by atoms with Gasteiger partial charge in [0.05, 0.1) is 29.4 Å². The highest BCUT2D eigenvalue weighted by atomic mass is 32.2. The van der Waals surface area contributed by atoms with Crippen LogP contribution in [0.3, 0.4) is 0 Å². The first-order valence-electron chi connectivity index (χ1n) is 9.62. The molecule has 9 heteroatoms. The van der Waals surface area contributed by atoms with Gasteiger partial charge < -0.3 is 5.32 Å². The average molecular weight is 409 g/mol. The normalized spacial score (nSPS) is 17.3. The maximum absolute atomic E-state index is 12.8. The van der Waals surface area contributed by atoms with E-state index in [9.17, 15) is 14.4 Å². The Hall–Kier alpha value is -2.94. The van der Waals surface area contributed by atoms with Crippen molar-refractivity contribution in [1.82, 2.24) is 25.1 Å². The maximum Gasteiger partial charge on any atom is 0.272 e. The summed E-state index contributed by atoms with van der Waals surface area (Å²) in [6, 6.07) is 6.97. The molecular weight excluding hydrogens is 390 g/mol. The predicted octanol–water partition coefficient (Wildman–Crippen LogP) is 1.32. The van der Waals surface area contributed by atoms with Crippen molar-refractivity contribution in [1.29, 1.82) is 0 Å². The predicted molar refractivity (Wildman–Crippen MR) is 109 cm³/mol. The second-order valence-corrected chi connectivity index (χ2v) is 8.33. The molecule has 5 rings (SSSR count). The van der Waals surface area contributed by atoms with Crippen molar-refractivity contribution in [2.24, 2.45) is 0 Å². The number of aryl methyl sites for hydroxylation is 1. The lowest BCUT2D eigenvalue weighted by atomic mass is 10.1. The minimum atomic E-state index is -0.255. The van der Waals surface area contributed by atoms with E-state index in [1.165, 1.54) is 11.8 Å².